The molecule has 0 radical (unpaired) electrons. The van der Waals surface area contributed by atoms with E-state index in [0.717, 1.165) is 18.5 Å². The first-order valence-electron chi connectivity index (χ1n) is 7.16. The van der Waals surface area contributed by atoms with Crippen LogP contribution in [-0.4, -0.2) is 41.2 Å². The Labute approximate surface area is 129 Å². The molecule has 1 amide bonds. The molecular weight excluding hydrogens is 283 g/mol. The SMILES string of the molecule is CN(C)CCC(NC(=O)c1ccnn1C)c1ccc(F)cc1. The summed E-state index contributed by atoms with van der Waals surface area (Å²) in [6, 6.07) is 7.73. The molecule has 0 aliphatic heterocycles. The van der Waals surface area contributed by atoms with Crippen LogP contribution >= 0.6 is 0 Å². The second-order valence-corrected chi connectivity index (χ2v) is 5.51. The lowest BCUT2D eigenvalue weighted by Crippen LogP contribution is -2.32. The molecule has 6 heteroatoms. The fraction of sp³-hybridized carbons (Fsp3) is 0.375. The minimum absolute atomic E-state index is 0.176. The van der Waals surface area contributed by atoms with Gasteiger partial charge < -0.3 is 10.2 Å². The second-order valence-electron chi connectivity index (χ2n) is 5.51. The zero-order chi connectivity index (χ0) is 16.1. The van der Waals surface area contributed by atoms with Crippen LogP contribution in [-0.2, 0) is 7.05 Å². The third-order valence-corrected chi connectivity index (χ3v) is 3.50. The van der Waals surface area contributed by atoms with E-state index in [-0.39, 0.29) is 17.8 Å². The maximum absolute atomic E-state index is 13.1. The lowest BCUT2D eigenvalue weighted by Gasteiger charge is -2.21. The number of rotatable bonds is 6. The van der Waals surface area contributed by atoms with Gasteiger partial charge in [0.05, 0.1) is 6.04 Å². The molecule has 0 spiro atoms. The van der Waals surface area contributed by atoms with Crippen LogP contribution in [0.4, 0.5) is 4.39 Å². The van der Waals surface area contributed by atoms with E-state index in [2.05, 4.69) is 10.4 Å². The molecule has 0 bridgehead atoms. The van der Waals surface area contributed by atoms with Crippen molar-refractivity contribution < 1.29 is 9.18 Å². The molecule has 0 fully saturated rings. The van der Waals surface area contributed by atoms with Crippen molar-refractivity contribution >= 4 is 5.91 Å². The van der Waals surface area contributed by atoms with Gasteiger partial charge in [-0.1, -0.05) is 12.1 Å². The van der Waals surface area contributed by atoms with Crippen LogP contribution in [0.2, 0.25) is 0 Å². The molecule has 118 valence electrons. The summed E-state index contributed by atoms with van der Waals surface area (Å²) >= 11 is 0. The summed E-state index contributed by atoms with van der Waals surface area (Å²) in [5.41, 5.74) is 1.38. The van der Waals surface area contributed by atoms with Gasteiger partial charge in [-0.25, -0.2) is 4.39 Å². The number of nitrogens with one attached hydrogen (secondary N) is 1. The van der Waals surface area contributed by atoms with E-state index in [0.29, 0.717) is 5.69 Å². The van der Waals surface area contributed by atoms with Gasteiger partial charge in [0.2, 0.25) is 0 Å². The van der Waals surface area contributed by atoms with E-state index < -0.39 is 0 Å². The molecule has 1 atom stereocenters. The maximum atomic E-state index is 13.1. The van der Waals surface area contributed by atoms with Crippen LogP contribution in [0.15, 0.2) is 36.5 Å². The average Bonchev–Trinajstić information content (AvgIpc) is 2.90. The Morgan fingerprint density at radius 2 is 2.00 bits per heavy atom. The van der Waals surface area contributed by atoms with Crippen molar-refractivity contribution in [3.8, 4) is 0 Å². The molecule has 0 aliphatic rings. The maximum Gasteiger partial charge on any atom is 0.270 e. The Balaban J connectivity index is 2.15. The van der Waals surface area contributed by atoms with Crippen molar-refractivity contribution in [1.29, 1.82) is 0 Å². The molecular formula is C16H21FN4O. The zero-order valence-corrected chi connectivity index (χ0v) is 13.1. The van der Waals surface area contributed by atoms with Crippen molar-refractivity contribution in [3.05, 3.63) is 53.6 Å². The van der Waals surface area contributed by atoms with Crippen LogP contribution in [0.3, 0.4) is 0 Å². The zero-order valence-electron chi connectivity index (χ0n) is 13.1. The van der Waals surface area contributed by atoms with Crippen molar-refractivity contribution in [1.82, 2.24) is 20.0 Å². The predicted octanol–water partition coefficient (Wildman–Crippen LogP) is 1.98. The highest BCUT2D eigenvalue weighted by Crippen LogP contribution is 2.18. The summed E-state index contributed by atoms with van der Waals surface area (Å²) in [5.74, 6) is -0.471. The number of carbonyl (C=O) groups excluding carboxylic acids is 1. The summed E-state index contributed by atoms with van der Waals surface area (Å²) in [6.45, 7) is 0.813. The van der Waals surface area contributed by atoms with Gasteiger partial charge in [-0.15, -0.1) is 0 Å². The molecule has 1 aromatic heterocycles. The van der Waals surface area contributed by atoms with Gasteiger partial charge in [0.25, 0.3) is 5.91 Å². The number of hydrogen-bond donors (Lipinski definition) is 1. The van der Waals surface area contributed by atoms with E-state index in [1.807, 2.05) is 19.0 Å². The molecule has 1 N–H and O–H groups in total. The lowest BCUT2D eigenvalue weighted by atomic mass is 10.0. The summed E-state index contributed by atoms with van der Waals surface area (Å²) in [5, 5.41) is 7.00. The van der Waals surface area contributed by atoms with Crippen LogP contribution in [0.25, 0.3) is 0 Å². The third kappa shape index (κ3) is 4.14. The molecule has 0 saturated carbocycles. The molecule has 2 rings (SSSR count). The number of aryl methyl sites for hydroxylation is 1. The van der Waals surface area contributed by atoms with Crippen LogP contribution in [0, 0.1) is 5.82 Å². The van der Waals surface area contributed by atoms with Crippen LogP contribution < -0.4 is 5.32 Å². The van der Waals surface area contributed by atoms with E-state index >= 15 is 0 Å². The first-order valence-corrected chi connectivity index (χ1v) is 7.16. The highest BCUT2D eigenvalue weighted by Gasteiger charge is 2.18. The highest BCUT2D eigenvalue weighted by atomic mass is 19.1. The quantitative estimate of drug-likeness (QED) is 0.888. The van der Waals surface area contributed by atoms with Crippen molar-refractivity contribution in [2.45, 2.75) is 12.5 Å². The summed E-state index contributed by atoms with van der Waals surface area (Å²) < 4.78 is 14.6. The molecule has 5 nitrogen and oxygen atoms in total. The number of hydrogen-bond acceptors (Lipinski definition) is 3. The van der Waals surface area contributed by atoms with Gasteiger partial charge >= 0.3 is 0 Å². The minimum Gasteiger partial charge on any atom is -0.344 e. The van der Waals surface area contributed by atoms with Crippen LogP contribution in [0.1, 0.15) is 28.5 Å². The van der Waals surface area contributed by atoms with Crippen LogP contribution in [0.5, 0.6) is 0 Å². The van der Waals surface area contributed by atoms with E-state index in [1.165, 1.54) is 16.8 Å². The summed E-state index contributed by atoms with van der Waals surface area (Å²) in [6.07, 6.45) is 2.32. The van der Waals surface area contributed by atoms with Gasteiger partial charge in [0.1, 0.15) is 11.5 Å². The van der Waals surface area contributed by atoms with Crippen molar-refractivity contribution in [2.75, 3.05) is 20.6 Å². The summed E-state index contributed by atoms with van der Waals surface area (Å²) in [7, 11) is 5.68. The lowest BCUT2D eigenvalue weighted by molar-refractivity contribution is 0.0923. The van der Waals surface area contributed by atoms with Gasteiger partial charge in [0, 0.05) is 13.2 Å². The van der Waals surface area contributed by atoms with Gasteiger partial charge in [-0.3, -0.25) is 9.48 Å². The smallest absolute Gasteiger partial charge is 0.270 e. The Kier molecular flexibility index (Phi) is 5.27. The van der Waals surface area contributed by atoms with Gasteiger partial charge in [0.15, 0.2) is 0 Å². The fourth-order valence-corrected chi connectivity index (χ4v) is 2.23. The molecule has 1 aromatic carbocycles. The molecule has 1 heterocycles. The van der Waals surface area contributed by atoms with Gasteiger partial charge in [-0.2, -0.15) is 5.10 Å². The largest absolute Gasteiger partial charge is 0.344 e. The fourth-order valence-electron chi connectivity index (χ4n) is 2.23. The average molecular weight is 304 g/mol. The first-order chi connectivity index (χ1) is 10.5. The number of nitrogens with zero attached hydrogens (tertiary/aromatic N) is 3. The number of carbonyl (C=O) groups is 1. The van der Waals surface area contributed by atoms with Crippen molar-refractivity contribution in [2.24, 2.45) is 7.05 Å². The predicted molar refractivity (Wildman–Crippen MR) is 83.0 cm³/mol. The number of halogens is 1. The number of amides is 1. The van der Waals surface area contributed by atoms with Crippen molar-refractivity contribution in [3.63, 3.8) is 0 Å². The highest BCUT2D eigenvalue weighted by molar-refractivity contribution is 5.92. The summed E-state index contributed by atoms with van der Waals surface area (Å²) in [4.78, 5) is 14.4. The number of aromatic nitrogens is 2. The normalized spacial score (nSPS) is 12.4. The Morgan fingerprint density at radius 1 is 1.32 bits per heavy atom. The van der Waals surface area contributed by atoms with Gasteiger partial charge in [-0.05, 0) is 50.8 Å². The topological polar surface area (TPSA) is 50.2 Å². The van der Waals surface area contributed by atoms with E-state index in [1.54, 1.807) is 31.4 Å². The number of benzene rings is 1. The molecule has 0 aliphatic carbocycles. The minimum atomic E-state index is -0.284. The Bertz CT molecular complexity index is 621. The monoisotopic (exact) mass is 304 g/mol. The van der Waals surface area contributed by atoms with E-state index in [4.69, 9.17) is 0 Å². The van der Waals surface area contributed by atoms with E-state index in [9.17, 15) is 9.18 Å². The first kappa shape index (κ1) is 16.2. The third-order valence-electron chi connectivity index (χ3n) is 3.50. The molecule has 2 aromatic rings. The standard InChI is InChI=1S/C16H21FN4O/c1-20(2)11-9-14(12-4-6-13(17)7-5-12)19-16(22)15-8-10-18-21(15)3/h4-8,10,14H,9,11H2,1-3H3,(H,19,22). The Hall–Kier alpha value is -2.21. The Morgan fingerprint density at radius 3 is 2.55 bits per heavy atom. The molecule has 22 heavy (non-hydrogen) atoms. The second kappa shape index (κ2) is 7.17. The molecule has 1 unspecified atom stereocenters. The molecule has 0 saturated heterocycles.